The van der Waals surface area contributed by atoms with Crippen molar-refractivity contribution in [1.29, 1.82) is 0 Å². The van der Waals surface area contributed by atoms with E-state index in [0.29, 0.717) is 41.5 Å². The number of pyridine rings is 1. The van der Waals surface area contributed by atoms with E-state index in [4.69, 9.17) is 9.47 Å². The lowest BCUT2D eigenvalue weighted by Crippen LogP contribution is -2.18. The average Bonchev–Trinajstić information content (AvgIpc) is 3.08. The Morgan fingerprint density at radius 1 is 1.15 bits per heavy atom. The first-order valence-electron chi connectivity index (χ1n) is 8.72. The maximum Gasteiger partial charge on any atom is 0.339 e. The SMILES string of the molecule is CCOc1cccn2c(C(=O)Nc3ccccc3C(=O)OC)c(CC)nc12. The highest BCUT2D eigenvalue weighted by molar-refractivity contribution is 6.08. The molecule has 0 saturated heterocycles. The Hall–Kier alpha value is -3.35. The lowest BCUT2D eigenvalue weighted by atomic mass is 10.1. The van der Waals surface area contributed by atoms with Crippen molar-refractivity contribution in [2.45, 2.75) is 20.3 Å². The third-order valence-corrected chi connectivity index (χ3v) is 4.12. The second-order valence-corrected chi connectivity index (χ2v) is 5.75. The molecule has 0 saturated carbocycles. The molecule has 1 aromatic carbocycles. The van der Waals surface area contributed by atoms with Gasteiger partial charge in [-0.3, -0.25) is 9.20 Å². The standard InChI is InChI=1S/C20H21N3O4/c1-4-14-17(23-12-8-11-16(27-5-2)18(23)21-14)19(24)22-15-10-7-6-9-13(15)20(25)26-3/h6-12H,4-5H2,1-3H3,(H,22,24). The number of anilines is 1. The van der Waals surface area contributed by atoms with Crippen molar-refractivity contribution >= 4 is 23.2 Å². The number of nitrogens with zero attached hydrogens (tertiary/aromatic N) is 2. The fraction of sp³-hybridized carbons (Fsp3) is 0.250. The summed E-state index contributed by atoms with van der Waals surface area (Å²) in [7, 11) is 1.30. The number of nitrogens with one attached hydrogen (secondary N) is 1. The Bertz CT molecular complexity index is 994. The second kappa shape index (κ2) is 7.90. The maximum atomic E-state index is 13.0. The van der Waals surface area contributed by atoms with E-state index in [9.17, 15) is 9.59 Å². The molecular weight excluding hydrogens is 346 g/mol. The van der Waals surface area contributed by atoms with E-state index >= 15 is 0 Å². The first-order chi connectivity index (χ1) is 13.1. The van der Waals surface area contributed by atoms with Gasteiger partial charge in [-0.1, -0.05) is 19.1 Å². The van der Waals surface area contributed by atoms with Crippen LogP contribution >= 0.6 is 0 Å². The second-order valence-electron chi connectivity index (χ2n) is 5.75. The molecule has 1 amide bonds. The first-order valence-corrected chi connectivity index (χ1v) is 8.72. The number of imidazole rings is 1. The van der Waals surface area contributed by atoms with Crippen molar-refractivity contribution in [3.63, 3.8) is 0 Å². The molecule has 27 heavy (non-hydrogen) atoms. The van der Waals surface area contributed by atoms with Gasteiger partial charge in [0.05, 0.1) is 30.7 Å². The first kappa shape index (κ1) is 18.4. The van der Waals surface area contributed by atoms with Gasteiger partial charge in [-0.2, -0.15) is 0 Å². The molecule has 7 heteroatoms. The van der Waals surface area contributed by atoms with Crippen LogP contribution in [-0.2, 0) is 11.2 Å². The summed E-state index contributed by atoms with van der Waals surface area (Å²) < 4.78 is 12.1. The summed E-state index contributed by atoms with van der Waals surface area (Å²) in [5, 5.41) is 2.81. The van der Waals surface area contributed by atoms with E-state index in [1.165, 1.54) is 7.11 Å². The zero-order chi connectivity index (χ0) is 19.4. The van der Waals surface area contributed by atoms with Crippen LogP contribution in [0.5, 0.6) is 5.75 Å². The van der Waals surface area contributed by atoms with Crippen LogP contribution in [0.25, 0.3) is 5.65 Å². The van der Waals surface area contributed by atoms with Crippen LogP contribution < -0.4 is 10.1 Å². The van der Waals surface area contributed by atoms with Gasteiger partial charge in [-0.05, 0) is 37.6 Å². The van der Waals surface area contributed by atoms with Gasteiger partial charge in [0.2, 0.25) is 0 Å². The molecule has 0 fully saturated rings. The molecule has 0 radical (unpaired) electrons. The molecule has 140 valence electrons. The zero-order valence-corrected chi connectivity index (χ0v) is 15.5. The van der Waals surface area contributed by atoms with Gasteiger partial charge in [-0.25, -0.2) is 9.78 Å². The lowest BCUT2D eigenvalue weighted by Gasteiger charge is -2.10. The number of methoxy groups -OCH3 is 1. The minimum Gasteiger partial charge on any atom is -0.490 e. The van der Waals surface area contributed by atoms with Crippen LogP contribution in [-0.4, -0.2) is 35.0 Å². The fourth-order valence-electron chi connectivity index (χ4n) is 2.91. The van der Waals surface area contributed by atoms with Crippen molar-refractivity contribution in [1.82, 2.24) is 9.38 Å². The molecule has 0 bridgehead atoms. The Morgan fingerprint density at radius 2 is 1.93 bits per heavy atom. The van der Waals surface area contributed by atoms with Crippen LogP contribution in [0, 0.1) is 0 Å². The summed E-state index contributed by atoms with van der Waals surface area (Å²) in [4.78, 5) is 29.6. The highest BCUT2D eigenvalue weighted by Crippen LogP contribution is 2.24. The van der Waals surface area contributed by atoms with Crippen molar-refractivity contribution in [2.24, 2.45) is 0 Å². The van der Waals surface area contributed by atoms with Gasteiger partial charge >= 0.3 is 5.97 Å². The molecule has 3 rings (SSSR count). The van der Waals surface area contributed by atoms with E-state index in [-0.39, 0.29) is 11.5 Å². The van der Waals surface area contributed by atoms with Crippen LogP contribution in [0.1, 0.15) is 40.4 Å². The molecule has 0 atom stereocenters. The number of hydrogen-bond acceptors (Lipinski definition) is 5. The minimum absolute atomic E-state index is 0.287. The highest BCUT2D eigenvalue weighted by atomic mass is 16.5. The van der Waals surface area contributed by atoms with Crippen LogP contribution in [0.2, 0.25) is 0 Å². The molecule has 0 aliphatic heterocycles. The molecule has 3 aromatic rings. The van der Waals surface area contributed by atoms with Crippen LogP contribution in [0.15, 0.2) is 42.6 Å². The number of aryl methyl sites for hydroxylation is 1. The Balaban J connectivity index is 2.04. The lowest BCUT2D eigenvalue weighted by molar-refractivity contribution is 0.0602. The number of amides is 1. The maximum absolute atomic E-state index is 13.0. The van der Waals surface area contributed by atoms with Crippen molar-refractivity contribution in [2.75, 3.05) is 19.0 Å². The smallest absolute Gasteiger partial charge is 0.339 e. The van der Waals surface area contributed by atoms with E-state index in [2.05, 4.69) is 10.3 Å². The number of hydrogen-bond donors (Lipinski definition) is 1. The summed E-state index contributed by atoms with van der Waals surface area (Å²) in [6.45, 7) is 4.33. The summed E-state index contributed by atoms with van der Waals surface area (Å²) in [5.74, 6) is -0.258. The minimum atomic E-state index is -0.515. The van der Waals surface area contributed by atoms with Gasteiger partial charge < -0.3 is 14.8 Å². The number of carbonyl (C=O) groups is 2. The number of benzene rings is 1. The number of ether oxygens (including phenoxy) is 2. The van der Waals surface area contributed by atoms with Crippen molar-refractivity contribution < 1.29 is 19.1 Å². The summed E-state index contributed by atoms with van der Waals surface area (Å²) in [6, 6.07) is 10.3. The third-order valence-electron chi connectivity index (χ3n) is 4.12. The molecule has 2 aromatic heterocycles. The third kappa shape index (κ3) is 3.48. The molecule has 0 aliphatic carbocycles. The van der Waals surface area contributed by atoms with Crippen LogP contribution in [0.4, 0.5) is 5.69 Å². The molecule has 2 heterocycles. The molecule has 0 spiro atoms. The molecule has 7 nitrogen and oxygen atoms in total. The predicted molar refractivity (Wildman–Crippen MR) is 101 cm³/mol. The Labute approximate surface area is 156 Å². The number of para-hydroxylation sites is 1. The van der Waals surface area contributed by atoms with E-state index in [1.54, 1.807) is 40.9 Å². The van der Waals surface area contributed by atoms with E-state index < -0.39 is 5.97 Å². The van der Waals surface area contributed by atoms with Crippen molar-refractivity contribution in [3.8, 4) is 5.75 Å². The summed E-state index contributed by atoms with van der Waals surface area (Å²) >= 11 is 0. The quantitative estimate of drug-likeness (QED) is 0.676. The van der Waals surface area contributed by atoms with Gasteiger partial charge in [-0.15, -0.1) is 0 Å². The fourth-order valence-corrected chi connectivity index (χ4v) is 2.91. The van der Waals surface area contributed by atoms with E-state index in [1.807, 2.05) is 19.9 Å². The van der Waals surface area contributed by atoms with Gasteiger partial charge in [0.1, 0.15) is 5.69 Å². The molecular formula is C20H21N3O4. The van der Waals surface area contributed by atoms with Gasteiger partial charge in [0, 0.05) is 6.20 Å². The number of carbonyl (C=O) groups excluding carboxylic acids is 2. The Kier molecular flexibility index (Phi) is 5.40. The highest BCUT2D eigenvalue weighted by Gasteiger charge is 2.22. The molecule has 0 aliphatic rings. The molecule has 1 N–H and O–H groups in total. The normalized spacial score (nSPS) is 10.6. The summed E-state index contributed by atoms with van der Waals surface area (Å²) in [6.07, 6.45) is 2.35. The topological polar surface area (TPSA) is 81.9 Å². The van der Waals surface area contributed by atoms with Gasteiger partial charge in [0.25, 0.3) is 5.91 Å². The van der Waals surface area contributed by atoms with E-state index in [0.717, 1.165) is 0 Å². The Morgan fingerprint density at radius 3 is 2.63 bits per heavy atom. The summed E-state index contributed by atoms with van der Waals surface area (Å²) in [5.41, 5.74) is 2.31. The molecule has 0 unspecified atom stereocenters. The zero-order valence-electron chi connectivity index (χ0n) is 15.5. The van der Waals surface area contributed by atoms with Crippen LogP contribution in [0.3, 0.4) is 0 Å². The largest absolute Gasteiger partial charge is 0.490 e. The average molecular weight is 367 g/mol. The predicted octanol–water partition coefficient (Wildman–Crippen LogP) is 3.33. The number of esters is 1. The van der Waals surface area contributed by atoms with Crippen molar-refractivity contribution in [3.05, 3.63) is 59.5 Å². The number of rotatable bonds is 6. The number of aromatic nitrogens is 2. The van der Waals surface area contributed by atoms with Gasteiger partial charge in [0.15, 0.2) is 11.4 Å². The monoisotopic (exact) mass is 367 g/mol. The number of fused-ring (bicyclic) bond motifs is 1.